The molecule has 20 heavy (non-hydrogen) atoms. The van der Waals surface area contributed by atoms with Gasteiger partial charge < -0.3 is 15.2 Å². The topological polar surface area (TPSA) is 75.6 Å². The molecule has 0 aromatic rings. The van der Waals surface area contributed by atoms with Crippen molar-refractivity contribution in [3.63, 3.8) is 0 Å². The number of hydrogen-bond donors (Lipinski definition) is 2. The third-order valence-electron chi connectivity index (χ3n) is 4.17. The smallest absolute Gasteiger partial charge is 0.310 e. The van der Waals surface area contributed by atoms with Gasteiger partial charge in [-0.1, -0.05) is 26.7 Å². The van der Waals surface area contributed by atoms with Gasteiger partial charge in [-0.2, -0.15) is 0 Å². The number of carboxylic acid groups (broad SMARTS) is 1. The number of hydrogen-bond acceptors (Lipinski definition) is 3. The molecule has 1 rings (SSSR count). The van der Waals surface area contributed by atoms with E-state index >= 15 is 0 Å². The fraction of sp³-hybridized carbons (Fsp3) is 0.867. The SMILES string of the molecule is CCOCC(NC(=O)CC1(C(=O)O)CCCC1)C(C)C. The van der Waals surface area contributed by atoms with Gasteiger partial charge in [0.15, 0.2) is 0 Å². The molecule has 0 aromatic carbocycles. The molecule has 0 radical (unpaired) electrons. The van der Waals surface area contributed by atoms with E-state index in [9.17, 15) is 14.7 Å². The zero-order chi connectivity index (χ0) is 15.2. The maximum atomic E-state index is 12.2. The van der Waals surface area contributed by atoms with Crippen LogP contribution < -0.4 is 5.32 Å². The van der Waals surface area contributed by atoms with Crippen LogP contribution in [0.4, 0.5) is 0 Å². The lowest BCUT2D eigenvalue weighted by Crippen LogP contribution is -2.44. The van der Waals surface area contributed by atoms with Crippen molar-refractivity contribution in [3.05, 3.63) is 0 Å². The lowest BCUT2D eigenvalue weighted by molar-refractivity contribution is -0.151. The molecule has 1 aliphatic rings. The summed E-state index contributed by atoms with van der Waals surface area (Å²) in [6, 6.07) is -0.0605. The summed E-state index contributed by atoms with van der Waals surface area (Å²) in [6.45, 7) is 7.04. The Morgan fingerprint density at radius 3 is 2.35 bits per heavy atom. The van der Waals surface area contributed by atoms with Crippen LogP contribution >= 0.6 is 0 Å². The number of nitrogens with one attached hydrogen (secondary N) is 1. The van der Waals surface area contributed by atoms with E-state index in [1.807, 2.05) is 20.8 Å². The van der Waals surface area contributed by atoms with Crippen molar-refractivity contribution in [3.8, 4) is 0 Å². The van der Waals surface area contributed by atoms with Gasteiger partial charge in [-0.3, -0.25) is 9.59 Å². The summed E-state index contributed by atoms with van der Waals surface area (Å²) < 4.78 is 5.37. The van der Waals surface area contributed by atoms with Crippen LogP contribution in [0.2, 0.25) is 0 Å². The normalized spacial score (nSPS) is 19.0. The second kappa shape index (κ2) is 7.62. The summed E-state index contributed by atoms with van der Waals surface area (Å²) in [4.78, 5) is 23.6. The van der Waals surface area contributed by atoms with E-state index in [1.54, 1.807) is 0 Å². The van der Waals surface area contributed by atoms with E-state index in [0.29, 0.717) is 26.1 Å². The highest BCUT2D eigenvalue weighted by Gasteiger charge is 2.43. The van der Waals surface area contributed by atoms with Crippen molar-refractivity contribution >= 4 is 11.9 Å². The largest absolute Gasteiger partial charge is 0.481 e. The minimum absolute atomic E-state index is 0.0605. The van der Waals surface area contributed by atoms with E-state index in [1.165, 1.54) is 0 Å². The van der Waals surface area contributed by atoms with Crippen molar-refractivity contribution in [2.45, 2.75) is 58.9 Å². The number of carboxylic acids is 1. The molecule has 1 fully saturated rings. The minimum Gasteiger partial charge on any atom is -0.481 e. The fourth-order valence-corrected chi connectivity index (χ4v) is 2.73. The van der Waals surface area contributed by atoms with Gasteiger partial charge >= 0.3 is 5.97 Å². The fourth-order valence-electron chi connectivity index (χ4n) is 2.73. The van der Waals surface area contributed by atoms with Gasteiger partial charge in [-0.25, -0.2) is 0 Å². The second-order valence-corrected chi connectivity index (χ2v) is 6.05. The number of ether oxygens (including phenoxy) is 1. The van der Waals surface area contributed by atoms with Crippen LogP contribution in [0.1, 0.15) is 52.9 Å². The summed E-state index contributed by atoms with van der Waals surface area (Å²) in [6.07, 6.45) is 3.08. The summed E-state index contributed by atoms with van der Waals surface area (Å²) in [5, 5.41) is 12.3. The Morgan fingerprint density at radius 2 is 1.90 bits per heavy atom. The number of carbonyl (C=O) groups is 2. The van der Waals surface area contributed by atoms with Gasteiger partial charge in [0.05, 0.1) is 18.1 Å². The Balaban J connectivity index is 2.58. The highest BCUT2D eigenvalue weighted by Crippen LogP contribution is 2.41. The van der Waals surface area contributed by atoms with Crippen LogP contribution in [0, 0.1) is 11.3 Å². The maximum Gasteiger partial charge on any atom is 0.310 e. The van der Waals surface area contributed by atoms with Crippen molar-refractivity contribution in [1.29, 1.82) is 0 Å². The van der Waals surface area contributed by atoms with Crippen LogP contribution in [0.5, 0.6) is 0 Å². The summed E-state index contributed by atoms with van der Waals surface area (Å²) >= 11 is 0. The van der Waals surface area contributed by atoms with Gasteiger partial charge in [-0.05, 0) is 25.7 Å². The van der Waals surface area contributed by atoms with Crippen LogP contribution in [-0.4, -0.2) is 36.2 Å². The van der Waals surface area contributed by atoms with Gasteiger partial charge in [0, 0.05) is 13.0 Å². The Kier molecular flexibility index (Phi) is 6.46. The Bertz CT molecular complexity index is 335. The van der Waals surface area contributed by atoms with Gasteiger partial charge in [0.1, 0.15) is 0 Å². The van der Waals surface area contributed by atoms with Crippen LogP contribution in [0.25, 0.3) is 0 Å². The second-order valence-electron chi connectivity index (χ2n) is 6.05. The van der Waals surface area contributed by atoms with E-state index < -0.39 is 11.4 Å². The molecule has 0 bridgehead atoms. The summed E-state index contributed by atoms with van der Waals surface area (Å²) in [7, 11) is 0. The molecule has 0 saturated heterocycles. The highest BCUT2D eigenvalue weighted by atomic mass is 16.5. The van der Waals surface area contributed by atoms with Gasteiger partial charge in [0.25, 0.3) is 0 Å². The van der Waals surface area contributed by atoms with E-state index in [0.717, 1.165) is 12.8 Å². The Morgan fingerprint density at radius 1 is 1.30 bits per heavy atom. The number of amides is 1. The zero-order valence-corrected chi connectivity index (χ0v) is 12.8. The highest BCUT2D eigenvalue weighted by molar-refractivity contribution is 5.85. The molecular weight excluding hydrogens is 258 g/mol. The lowest BCUT2D eigenvalue weighted by atomic mass is 9.82. The Hall–Kier alpha value is -1.10. The van der Waals surface area contributed by atoms with E-state index in [-0.39, 0.29) is 24.3 Å². The molecule has 2 N–H and O–H groups in total. The predicted octanol–water partition coefficient (Wildman–Crippen LogP) is 2.20. The van der Waals surface area contributed by atoms with E-state index in [2.05, 4.69) is 5.32 Å². The molecule has 5 heteroatoms. The molecule has 1 aliphatic carbocycles. The van der Waals surface area contributed by atoms with Crippen molar-refractivity contribution < 1.29 is 19.4 Å². The van der Waals surface area contributed by atoms with Crippen molar-refractivity contribution in [2.24, 2.45) is 11.3 Å². The molecule has 0 aliphatic heterocycles. The molecular formula is C15H27NO4. The van der Waals surface area contributed by atoms with Gasteiger partial charge in [0.2, 0.25) is 5.91 Å². The lowest BCUT2D eigenvalue weighted by Gasteiger charge is -2.26. The molecule has 0 spiro atoms. The van der Waals surface area contributed by atoms with Crippen LogP contribution in [0.3, 0.4) is 0 Å². The van der Waals surface area contributed by atoms with E-state index in [4.69, 9.17) is 4.74 Å². The average molecular weight is 285 g/mol. The molecule has 0 aromatic heterocycles. The molecule has 116 valence electrons. The first-order valence-electron chi connectivity index (χ1n) is 7.52. The maximum absolute atomic E-state index is 12.2. The number of aliphatic carboxylic acids is 1. The third kappa shape index (κ3) is 4.47. The predicted molar refractivity (Wildman–Crippen MR) is 76.4 cm³/mol. The quantitative estimate of drug-likeness (QED) is 0.717. The van der Waals surface area contributed by atoms with Gasteiger partial charge in [-0.15, -0.1) is 0 Å². The average Bonchev–Trinajstić information content (AvgIpc) is 2.83. The summed E-state index contributed by atoms with van der Waals surface area (Å²) in [5.74, 6) is -0.751. The minimum atomic E-state index is -0.850. The van der Waals surface area contributed by atoms with Crippen LogP contribution in [0.15, 0.2) is 0 Å². The number of carbonyl (C=O) groups excluding carboxylic acids is 1. The van der Waals surface area contributed by atoms with Crippen molar-refractivity contribution in [1.82, 2.24) is 5.32 Å². The first-order valence-corrected chi connectivity index (χ1v) is 7.52. The molecule has 1 atom stereocenters. The summed E-state index contributed by atoms with van der Waals surface area (Å²) in [5.41, 5.74) is -0.850. The molecule has 1 unspecified atom stereocenters. The zero-order valence-electron chi connectivity index (χ0n) is 12.8. The molecule has 1 amide bonds. The molecule has 1 saturated carbocycles. The standard InChI is InChI=1S/C15H27NO4/c1-4-20-10-12(11(2)3)16-13(17)9-15(14(18)19)7-5-6-8-15/h11-12H,4-10H2,1-3H3,(H,16,17)(H,18,19). The number of rotatable bonds is 8. The monoisotopic (exact) mass is 285 g/mol. The van der Waals surface area contributed by atoms with Crippen molar-refractivity contribution in [2.75, 3.05) is 13.2 Å². The molecule has 0 heterocycles. The first-order chi connectivity index (χ1) is 9.41. The van der Waals surface area contributed by atoms with Crippen LogP contribution in [-0.2, 0) is 14.3 Å². The first kappa shape index (κ1) is 17.0. The Labute approximate surface area is 121 Å². The third-order valence-corrected chi connectivity index (χ3v) is 4.17. The molecule has 5 nitrogen and oxygen atoms in total.